The molecule has 230 valence electrons. The van der Waals surface area contributed by atoms with Crippen LogP contribution in [0.5, 0.6) is 5.75 Å². The smallest absolute Gasteiger partial charge is 0.261 e. The molecule has 14 heteroatoms. The summed E-state index contributed by atoms with van der Waals surface area (Å²) < 4.78 is 60.4. The molecule has 0 unspecified atom stereocenters. The molecule has 3 aliphatic rings. The fourth-order valence-corrected chi connectivity index (χ4v) is 6.56. The van der Waals surface area contributed by atoms with Crippen molar-refractivity contribution in [3.8, 4) is 5.75 Å². The SMILES string of the molecule is CNc1cc(NS(=O)(=O)CCO)cc(N2CCC3(CC2)CC3)c1C(=O)Nc1ccc(OC)c(N2CCC(F)(F)CC2)n1. The largest absolute Gasteiger partial charge is 0.493 e. The first-order chi connectivity index (χ1) is 20.0. The predicted molar refractivity (Wildman–Crippen MR) is 159 cm³/mol. The number of amides is 1. The topological polar surface area (TPSA) is 136 Å². The van der Waals surface area contributed by atoms with Crippen molar-refractivity contribution >= 4 is 44.6 Å². The Bertz CT molecular complexity index is 1420. The second kappa shape index (κ2) is 11.7. The van der Waals surface area contributed by atoms with Crippen molar-refractivity contribution in [2.24, 2.45) is 5.41 Å². The number of sulfonamides is 1. The number of aliphatic hydroxyl groups excluding tert-OH is 1. The predicted octanol–water partition coefficient (Wildman–Crippen LogP) is 3.73. The van der Waals surface area contributed by atoms with E-state index in [1.54, 1.807) is 36.2 Å². The maximum Gasteiger partial charge on any atom is 0.261 e. The third-order valence-corrected chi connectivity index (χ3v) is 9.73. The van der Waals surface area contributed by atoms with E-state index in [9.17, 15) is 22.0 Å². The zero-order valence-electron chi connectivity index (χ0n) is 23.9. The lowest BCUT2D eigenvalue weighted by atomic mass is 9.92. The Hall–Kier alpha value is -3.39. The monoisotopic (exact) mass is 608 g/mol. The molecular formula is C28H38F2N6O5S. The molecule has 3 fully saturated rings. The van der Waals surface area contributed by atoms with Crippen molar-refractivity contribution in [1.82, 2.24) is 4.98 Å². The van der Waals surface area contributed by atoms with Crippen LogP contribution in [0.15, 0.2) is 24.3 Å². The van der Waals surface area contributed by atoms with Gasteiger partial charge in [-0.3, -0.25) is 9.52 Å². The van der Waals surface area contributed by atoms with Crippen LogP contribution in [-0.2, 0) is 10.0 Å². The van der Waals surface area contributed by atoms with Gasteiger partial charge in [0.2, 0.25) is 10.0 Å². The number of carbonyl (C=O) groups is 1. The van der Waals surface area contributed by atoms with E-state index in [1.807, 2.05) is 0 Å². The van der Waals surface area contributed by atoms with Gasteiger partial charge in [0.25, 0.3) is 11.8 Å². The highest BCUT2D eigenvalue weighted by atomic mass is 32.2. The fraction of sp³-hybridized carbons (Fsp3) is 0.571. The zero-order chi connectivity index (χ0) is 30.1. The summed E-state index contributed by atoms with van der Waals surface area (Å²) >= 11 is 0. The number of nitrogens with zero attached hydrogens (tertiary/aromatic N) is 3. The molecule has 0 atom stereocenters. The third kappa shape index (κ3) is 6.64. The summed E-state index contributed by atoms with van der Waals surface area (Å²) in [6, 6.07) is 6.42. The minimum Gasteiger partial charge on any atom is -0.493 e. The molecule has 42 heavy (non-hydrogen) atoms. The number of pyridine rings is 1. The number of piperidine rings is 2. The number of aromatic nitrogens is 1. The average Bonchev–Trinajstić information content (AvgIpc) is 3.71. The van der Waals surface area contributed by atoms with Crippen molar-refractivity contribution in [3.63, 3.8) is 0 Å². The summed E-state index contributed by atoms with van der Waals surface area (Å²) in [7, 11) is -0.675. The van der Waals surface area contributed by atoms with Crippen LogP contribution < -0.4 is 29.9 Å². The Labute approximate surface area is 244 Å². The van der Waals surface area contributed by atoms with Gasteiger partial charge in [-0.15, -0.1) is 0 Å². The number of hydrogen-bond donors (Lipinski definition) is 4. The normalized spacial score (nSPS) is 19.4. The summed E-state index contributed by atoms with van der Waals surface area (Å²) in [5, 5.41) is 15.1. The van der Waals surface area contributed by atoms with E-state index in [0.717, 1.165) is 25.9 Å². The molecule has 2 aromatic rings. The van der Waals surface area contributed by atoms with Gasteiger partial charge in [-0.25, -0.2) is 22.2 Å². The lowest BCUT2D eigenvalue weighted by Crippen LogP contribution is -2.40. The summed E-state index contributed by atoms with van der Waals surface area (Å²) in [6.45, 7) is 1.13. The molecule has 2 saturated heterocycles. The molecule has 11 nitrogen and oxygen atoms in total. The van der Waals surface area contributed by atoms with Gasteiger partial charge < -0.3 is 30.3 Å². The second-order valence-electron chi connectivity index (χ2n) is 11.3. The molecule has 0 bridgehead atoms. The standard InChI is InChI=1S/C28H38F2N6O5S/c1-31-20-17-19(34-42(39,40)16-15-37)18-21(35-11-7-27(5-6-27)8-12-35)24(20)26(38)33-23-4-3-22(41-2)25(32-23)36-13-9-28(29,30)10-14-36/h3-4,17-18,31,34,37H,5-16H2,1-2H3,(H,32,33,38). The van der Waals surface area contributed by atoms with E-state index in [0.29, 0.717) is 33.9 Å². The highest BCUT2D eigenvalue weighted by Crippen LogP contribution is 2.54. The number of benzene rings is 1. The van der Waals surface area contributed by atoms with Crippen LogP contribution in [0.3, 0.4) is 0 Å². The van der Waals surface area contributed by atoms with Gasteiger partial charge >= 0.3 is 0 Å². The first-order valence-corrected chi connectivity index (χ1v) is 15.8. The molecule has 1 aliphatic carbocycles. The number of anilines is 5. The first-order valence-electron chi connectivity index (χ1n) is 14.2. The van der Waals surface area contributed by atoms with Gasteiger partial charge in [0.15, 0.2) is 11.6 Å². The van der Waals surface area contributed by atoms with Gasteiger partial charge in [-0.2, -0.15) is 0 Å². The number of alkyl halides is 2. The van der Waals surface area contributed by atoms with Gasteiger partial charge in [0, 0.05) is 46.1 Å². The summed E-state index contributed by atoms with van der Waals surface area (Å²) in [5.41, 5.74) is 1.96. The lowest BCUT2D eigenvalue weighted by molar-refractivity contribution is -0.0222. The van der Waals surface area contributed by atoms with Gasteiger partial charge in [0.05, 0.1) is 42.1 Å². The van der Waals surface area contributed by atoms with Crippen LogP contribution in [0, 0.1) is 5.41 Å². The highest BCUT2D eigenvalue weighted by Gasteiger charge is 2.45. The number of rotatable bonds is 10. The molecule has 1 aromatic heterocycles. The van der Waals surface area contributed by atoms with Crippen LogP contribution in [0.2, 0.25) is 0 Å². The molecule has 3 heterocycles. The molecule has 0 radical (unpaired) electrons. The van der Waals surface area contributed by atoms with E-state index in [2.05, 4.69) is 25.2 Å². The summed E-state index contributed by atoms with van der Waals surface area (Å²) in [6.07, 6.45) is 3.79. The summed E-state index contributed by atoms with van der Waals surface area (Å²) in [5.74, 6) is -2.62. The van der Waals surface area contributed by atoms with E-state index in [4.69, 9.17) is 9.84 Å². The Morgan fingerprint density at radius 3 is 2.31 bits per heavy atom. The second-order valence-corrected chi connectivity index (χ2v) is 13.2. The quantitative estimate of drug-likeness (QED) is 0.318. The number of carbonyl (C=O) groups excluding carboxylic acids is 1. The number of aliphatic hydroxyl groups is 1. The molecule has 4 N–H and O–H groups in total. The zero-order valence-corrected chi connectivity index (χ0v) is 24.7. The Morgan fingerprint density at radius 1 is 1.05 bits per heavy atom. The number of ether oxygens (including phenoxy) is 1. The minimum atomic E-state index is -3.80. The van der Waals surface area contributed by atoms with E-state index >= 15 is 0 Å². The van der Waals surface area contributed by atoms with Crippen LogP contribution >= 0.6 is 0 Å². The van der Waals surface area contributed by atoms with Gasteiger partial charge in [-0.1, -0.05) is 0 Å². The van der Waals surface area contributed by atoms with Gasteiger partial charge in [0.1, 0.15) is 5.82 Å². The molecule has 2 aliphatic heterocycles. The maximum absolute atomic E-state index is 13.9. The van der Waals surface area contributed by atoms with Crippen LogP contribution in [0.25, 0.3) is 0 Å². The van der Waals surface area contributed by atoms with E-state index in [-0.39, 0.29) is 37.4 Å². The summed E-state index contributed by atoms with van der Waals surface area (Å²) in [4.78, 5) is 22.3. The molecule has 5 rings (SSSR count). The van der Waals surface area contributed by atoms with E-state index < -0.39 is 34.2 Å². The number of nitrogens with one attached hydrogen (secondary N) is 3. The molecular weight excluding hydrogens is 570 g/mol. The molecule has 1 saturated carbocycles. The fourth-order valence-electron chi connectivity index (χ4n) is 5.74. The Balaban J connectivity index is 1.46. The Kier molecular flexibility index (Phi) is 8.39. The van der Waals surface area contributed by atoms with Crippen molar-refractivity contribution in [3.05, 3.63) is 29.8 Å². The van der Waals surface area contributed by atoms with Gasteiger partial charge in [-0.05, 0) is 55.4 Å². The third-order valence-electron chi connectivity index (χ3n) is 8.46. The van der Waals surface area contributed by atoms with Crippen molar-refractivity contribution in [2.75, 3.05) is 77.9 Å². The van der Waals surface area contributed by atoms with Crippen LogP contribution in [0.4, 0.5) is 37.5 Å². The van der Waals surface area contributed by atoms with Crippen LogP contribution in [0.1, 0.15) is 48.9 Å². The highest BCUT2D eigenvalue weighted by molar-refractivity contribution is 7.92. The number of methoxy groups -OCH3 is 1. The minimum absolute atomic E-state index is 0.103. The van der Waals surface area contributed by atoms with Crippen molar-refractivity contribution < 1.29 is 31.8 Å². The molecule has 1 amide bonds. The van der Waals surface area contributed by atoms with E-state index in [1.165, 1.54) is 20.0 Å². The van der Waals surface area contributed by atoms with Crippen molar-refractivity contribution in [1.29, 1.82) is 0 Å². The Morgan fingerprint density at radius 2 is 1.71 bits per heavy atom. The van der Waals surface area contributed by atoms with Crippen molar-refractivity contribution in [2.45, 2.75) is 44.4 Å². The van der Waals surface area contributed by atoms with Crippen LogP contribution in [-0.4, -0.2) is 83.0 Å². The molecule has 1 aromatic carbocycles. The number of halogens is 2. The molecule has 1 spiro atoms. The lowest BCUT2D eigenvalue weighted by Gasteiger charge is -2.35. The maximum atomic E-state index is 13.9. The number of hydrogen-bond acceptors (Lipinski definition) is 9. The average molecular weight is 609 g/mol. The first kappa shape index (κ1) is 30.1.